The third-order valence-electron chi connectivity index (χ3n) is 6.41. The quantitative estimate of drug-likeness (QED) is 0.916. The Kier molecular flexibility index (Phi) is 4.52. The van der Waals surface area contributed by atoms with Gasteiger partial charge in [-0.3, -0.25) is 14.7 Å². The number of carbonyl (C=O) groups excluding carboxylic acids is 2. The number of aromatic amines is 1. The van der Waals surface area contributed by atoms with E-state index in [0.717, 1.165) is 32.4 Å². The highest BCUT2D eigenvalue weighted by Crippen LogP contribution is 2.41. The van der Waals surface area contributed by atoms with Gasteiger partial charge >= 0.3 is 0 Å². The molecular formula is C19H28N4O2. The van der Waals surface area contributed by atoms with Gasteiger partial charge in [-0.15, -0.1) is 0 Å². The van der Waals surface area contributed by atoms with Crippen molar-refractivity contribution < 1.29 is 9.59 Å². The summed E-state index contributed by atoms with van der Waals surface area (Å²) >= 11 is 0. The van der Waals surface area contributed by atoms with Crippen LogP contribution in [0.25, 0.3) is 0 Å². The van der Waals surface area contributed by atoms with Gasteiger partial charge in [0.1, 0.15) is 0 Å². The largest absolute Gasteiger partial charge is 0.342 e. The SMILES string of the molecule is O=C(c1cn[nH]c1)N1CCC2(CCCN(CC3CCCCC3)C2=O)C1. The molecule has 2 saturated heterocycles. The second kappa shape index (κ2) is 6.81. The smallest absolute Gasteiger partial charge is 0.257 e. The molecule has 6 nitrogen and oxygen atoms in total. The molecule has 1 aromatic rings. The predicted octanol–water partition coefficient (Wildman–Crippen LogP) is 2.44. The molecule has 1 spiro atoms. The van der Waals surface area contributed by atoms with Crippen LogP contribution >= 0.6 is 0 Å². The van der Waals surface area contributed by atoms with Crippen LogP contribution in [0.2, 0.25) is 0 Å². The molecule has 25 heavy (non-hydrogen) atoms. The zero-order valence-electron chi connectivity index (χ0n) is 14.9. The normalized spacial score (nSPS) is 28.1. The maximum absolute atomic E-state index is 13.2. The van der Waals surface area contributed by atoms with Crippen molar-refractivity contribution in [3.63, 3.8) is 0 Å². The summed E-state index contributed by atoms with van der Waals surface area (Å²) in [5.41, 5.74) is 0.242. The Hall–Kier alpha value is -1.85. The number of aromatic nitrogens is 2. The molecule has 4 rings (SSSR count). The average Bonchev–Trinajstić information content (AvgIpc) is 3.31. The van der Waals surface area contributed by atoms with Crippen LogP contribution < -0.4 is 0 Å². The first kappa shape index (κ1) is 16.6. The summed E-state index contributed by atoms with van der Waals surface area (Å²) in [5, 5.41) is 6.56. The van der Waals surface area contributed by atoms with Crippen LogP contribution in [-0.4, -0.2) is 58.0 Å². The second-order valence-corrected chi connectivity index (χ2v) is 8.10. The van der Waals surface area contributed by atoms with Crippen LogP contribution in [0, 0.1) is 11.3 Å². The predicted molar refractivity (Wildman–Crippen MR) is 93.9 cm³/mol. The molecule has 2 amide bonds. The van der Waals surface area contributed by atoms with Crippen molar-refractivity contribution in [2.24, 2.45) is 11.3 Å². The Morgan fingerprint density at radius 3 is 2.80 bits per heavy atom. The number of nitrogens with one attached hydrogen (secondary N) is 1. The zero-order chi connectivity index (χ0) is 17.3. The summed E-state index contributed by atoms with van der Waals surface area (Å²) in [7, 11) is 0. The Bertz CT molecular complexity index is 623. The molecule has 1 aromatic heterocycles. The number of amides is 2. The van der Waals surface area contributed by atoms with Crippen molar-refractivity contribution >= 4 is 11.8 Å². The maximum Gasteiger partial charge on any atom is 0.257 e. The molecule has 3 fully saturated rings. The molecular weight excluding hydrogens is 316 g/mol. The van der Waals surface area contributed by atoms with Gasteiger partial charge in [0.05, 0.1) is 17.2 Å². The molecule has 1 unspecified atom stereocenters. The molecule has 1 aliphatic carbocycles. The van der Waals surface area contributed by atoms with Crippen LogP contribution in [0.4, 0.5) is 0 Å². The highest BCUT2D eigenvalue weighted by atomic mass is 16.2. The first-order valence-electron chi connectivity index (χ1n) is 9.75. The number of nitrogens with zero attached hydrogens (tertiary/aromatic N) is 3. The zero-order valence-corrected chi connectivity index (χ0v) is 14.9. The number of likely N-dealkylation sites (tertiary alicyclic amines) is 2. The van der Waals surface area contributed by atoms with Crippen molar-refractivity contribution in [3.05, 3.63) is 18.0 Å². The van der Waals surface area contributed by atoms with Gasteiger partial charge in [0.15, 0.2) is 0 Å². The van der Waals surface area contributed by atoms with Crippen molar-refractivity contribution in [1.29, 1.82) is 0 Å². The summed E-state index contributed by atoms with van der Waals surface area (Å²) in [4.78, 5) is 29.8. The first-order chi connectivity index (χ1) is 12.2. The Labute approximate surface area is 148 Å². The lowest BCUT2D eigenvalue weighted by Crippen LogP contribution is -2.51. The molecule has 0 aromatic carbocycles. The summed E-state index contributed by atoms with van der Waals surface area (Å²) in [6, 6.07) is 0. The molecule has 2 aliphatic heterocycles. The lowest BCUT2D eigenvalue weighted by molar-refractivity contribution is -0.146. The molecule has 136 valence electrons. The molecule has 6 heteroatoms. The third-order valence-corrected chi connectivity index (χ3v) is 6.41. The van der Waals surface area contributed by atoms with Crippen molar-refractivity contribution in [3.8, 4) is 0 Å². The van der Waals surface area contributed by atoms with Gasteiger partial charge in [-0.25, -0.2) is 0 Å². The highest BCUT2D eigenvalue weighted by Gasteiger charge is 2.49. The summed E-state index contributed by atoms with van der Waals surface area (Å²) < 4.78 is 0. The highest BCUT2D eigenvalue weighted by molar-refractivity contribution is 5.95. The van der Waals surface area contributed by atoms with Crippen LogP contribution in [0.5, 0.6) is 0 Å². The number of piperidine rings is 1. The van der Waals surface area contributed by atoms with Gasteiger partial charge in [-0.1, -0.05) is 19.3 Å². The first-order valence-corrected chi connectivity index (χ1v) is 9.75. The van der Waals surface area contributed by atoms with Gasteiger partial charge in [-0.05, 0) is 38.0 Å². The fourth-order valence-electron chi connectivity index (χ4n) is 4.98. The van der Waals surface area contributed by atoms with Gasteiger partial charge < -0.3 is 9.80 Å². The summed E-state index contributed by atoms with van der Waals surface area (Å²) in [6.07, 6.45) is 12.5. The Morgan fingerprint density at radius 1 is 1.20 bits per heavy atom. The number of hydrogen-bond donors (Lipinski definition) is 1. The topological polar surface area (TPSA) is 69.3 Å². The number of rotatable bonds is 3. The molecule has 0 radical (unpaired) electrons. The minimum Gasteiger partial charge on any atom is -0.342 e. The Morgan fingerprint density at radius 2 is 2.04 bits per heavy atom. The average molecular weight is 344 g/mol. The minimum absolute atomic E-state index is 0.0113. The molecule has 0 bridgehead atoms. The van der Waals surface area contributed by atoms with E-state index in [1.807, 2.05) is 4.90 Å². The van der Waals surface area contributed by atoms with E-state index in [1.165, 1.54) is 32.1 Å². The van der Waals surface area contributed by atoms with Gasteiger partial charge in [0, 0.05) is 32.4 Å². The molecule has 1 saturated carbocycles. The van der Waals surface area contributed by atoms with Crippen LogP contribution in [-0.2, 0) is 4.79 Å². The van der Waals surface area contributed by atoms with Crippen molar-refractivity contribution in [2.75, 3.05) is 26.2 Å². The second-order valence-electron chi connectivity index (χ2n) is 8.10. The standard InChI is InChI=1S/C19H28N4O2/c24-17(16-11-20-21-12-16)23-10-8-19(14-23)7-4-9-22(18(19)25)13-15-5-2-1-3-6-15/h11-12,15H,1-10,13-14H2,(H,20,21). The van der Waals surface area contributed by atoms with E-state index in [1.54, 1.807) is 12.4 Å². The van der Waals surface area contributed by atoms with E-state index < -0.39 is 0 Å². The third kappa shape index (κ3) is 3.18. The minimum atomic E-state index is -0.341. The van der Waals surface area contributed by atoms with Crippen LogP contribution in [0.1, 0.15) is 61.7 Å². The fourth-order valence-corrected chi connectivity index (χ4v) is 4.98. The lowest BCUT2D eigenvalue weighted by atomic mass is 9.77. The summed E-state index contributed by atoms with van der Waals surface area (Å²) in [6.45, 7) is 3.06. The molecule has 1 N–H and O–H groups in total. The van der Waals surface area contributed by atoms with E-state index in [-0.39, 0.29) is 11.3 Å². The fraction of sp³-hybridized carbons (Fsp3) is 0.737. The van der Waals surface area contributed by atoms with Crippen molar-refractivity contribution in [2.45, 2.75) is 51.4 Å². The van der Waals surface area contributed by atoms with Crippen LogP contribution in [0.3, 0.4) is 0 Å². The number of H-pyrrole nitrogens is 1. The van der Waals surface area contributed by atoms with Gasteiger partial charge in [0.2, 0.25) is 5.91 Å². The number of hydrogen-bond acceptors (Lipinski definition) is 3. The van der Waals surface area contributed by atoms with E-state index in [0.29, 0.717) is 30.5 Å². The Balaban J connectivity index is 1.42. The monoisotopic (exact) mass is 344 g/mol. The maximum atomic E-state index is 13.2. The van der Waals surface area contributed by atoms with E-state index >= 15 is 0 Å². The van der Waals surface area contributed by atoms with Gasteiger partial charge in [-0.2, -0.15) is 5.10 Å². The van der Waals surface area contributed by atoms with E-state index in [4.69, 9.17) is 0 Å². The molecule has 1 atom stereocenters. The van der Waals surface area contributed by atoms with Crippen molar-refractivity contribution in [1.82, 2.24) is 20.0 Å². The lowest BCUT2D eigenvalue weighted by Gasteiger charge is -2.41. The number of carbonyl (C=O) groups is 2. The summed E-state index contributed by atoms with van der Waals surface area (Å²) in [5.74, 6) is 0.965. The van der Waals surface area contributed by atoms with Crippen LogP contribution in [0.15, 0.2) is 12.4 Å². The molecule has 3 aliphatic rings. The van der Waals surface area contributed by atoms with E-state index in [2.05, 4.69) is 15.1 Å². The molecule has 3 heterocycles. The van der Waals surface area contributed by atoms with Gasteiger partial charge in [0.25, 0.3) is 5.91 Å². The van der Waals surface area contributed by atoms with E-state index in [9.17, 15) is 9.59 Å².